The average Bonchev–Trinajstić information content (AvgIpc) is 2.79. The summed E-state index contributed by atoms with van der Waals surface area (Å²) >= 11 is 3.19. The van der Waals surface area contributed by atoms with E-state index in [2.05, 4.69) is 26.0 Å². The quantitative estimate of drug-likeness (QED) is 0.770. The van der Waals surface area contributed by atoms with Gasteiger partial charge in [0, 0.05) is 18.8 Å². The van der Waals surface area contributed by atoms with E-state index in [1.165, 1.54) is 6.07 Å². The van der Waals surface area contributed by atoms with E-state index in [1.54, 1.807) is 30.1 Å². The predicted molar refractivity (Wildman–Crippen MR) is 83.9 cm³/mol. The van der Waals surface area contributed by atoms with Crippen LogP contribution in [0, 0.1) is 5.82 Å². The molecule has 0 radical (unpaired) electrons. The highest BCUT2D eigenvalue weighted by molar-refractivity contribution is 9.10. The Balaban J connectivity index is 2.24. The summed E-state index contributed by atoms with van der Waals surface area (Å²) in [4.78, 5) is 4.33. The number of aryl methyl sites for hydroxylation is 1. The highest BCUT2D eigenvalue weighted by Crippen LogP contribution is 2.35. The van der Waals surface area contributed by atoms with Gasteiger partial charge >= 0.3 is 0 Å². The Labute approximate surface area is 129 Å². The lowest BCUT2D eigenvalue weighted by Crippen LogP contribution is -1.98. The van der Waals surface area contributed by atoms with Crippen LogP contribution < -0.4 is 5.73 Å². The Morgan fingerprint density at radius 1 is 1.24 bits per heavy atom. The van der Waals surface area contributed by atoms with E-state index in [1.807, 2.05) is 18.2 Å². The lowest BCUT2D eigenvalue weighted by atomic mass is 10.0. The van der Waals surface area contributed by atoms with Crippen molar-refractivity contribution in [3.05, 3.63) is 52.9 Å². The van der Waals surface area contributed by atoms with Crippen LogP contribution in [0.2, 0.25) is 0 Å². The number of rotatable bonds is 2. The maximum atomic E-state index is 13.4. The summed E-state index contributed by atoms with van der Waals surface area (Å²) < 4.78 is 15.4. The van der Waals surface area contributed by atoms with Crippen LogP contribution in [0.15, 0.2) is 47.1 Å². The lowest BCUT2D eigenvalue weighted by molar-refractivity contribution is 0.621. The Kier molecular flexibility index (Phi) is 3.47. The second kappa shape index (κ2) is 5.29. The summed E-state index contributed by atoms with van der Waals surface area (Å²) in [5.74, 6) is 0.200. The van der Waals surface area contributed by atoms with Crippen LogP contribution in [-0.2, 0) is 7.05 Å². The lowest BCUT2D eigenvalue weighted by Gasteiger charge is -2.04. The fourth-order valence-electron chi connectivity index (χ4n) is 2.15. The second-order valence-corrected chi connectivity index (χ2v) is 5.43. The molecular weight excluding hydrogens is 335 g/mol. The van der Waals surface area contributed by atoms with Gasteiger partial charge in [-0.15, -0.1) is 0 Å². The first-order valence-electron chi connectivity index (χ1n) is 6.27. The van der Waals surface area contributed by atoms with Crippen molar-refractivity contribution in [2.75, 3.05) is 5.73 Å². The van der Waals surface area contributed by atoms with E-state index < -0.39 is 0 Å². The fraction of sp³-hybridized carbons (Fsp3) is 0.0667. The zero-order chi connectivity index (χ0) is 15.0. The minimum Gasteiger partial charge on any atom is -0.383 e. The van der Waals surface area contributed by atoms with Gasteiger partial charge in [-0.05, 0) is 46.3 Å². The molecule has 0 aliphatic heterocycles. The van der Waals surface area contributed by atoms with Crippen molar-refractivity contribution in [1.29, 1.82) is 0 Å². The molecule has 0 unspecified atom stereocenters. The van der Waals surface area contributed by atoms with Crippen molar-refractivity contribution < 1.29 is 4.39 Å². The molecule has 0 atom stereocenters. The normalized spacial score (nSPS) is 10.8. The molecule has 1 aromatic carbocycles. The second-order valence-electron chi connectivity index (χ2n) is 4.58. The average molecular weight is 347 g/mol. The molecule has 3 rings (SSSR count). The van der Waals surface area contributed by atoms with Crippen LogP contribution >= 0.6 is 15.9 Å². The van der Waals surface area contributed by atoms with E-state index >= 15 is 0 Å². The molecule has 2 N–H and O–H groups in total. The van der Waals surface area contributed by atoms with Crippen molar-refractivity contribution in [3.63, 3.8) is 0 Å². The molecule has 2 aromatic heterocycles. The van der Waals surface area contributed by atoms with Crippen LogP contribution in [-0.4, -0.2) is 14.8 Å². The number of nitrogens with two attached hydrogens (primary N) is 1. The Morgan fingerprint density at radius 3 is 2.71 bits per heavy atom. The summed E-state index contributed by atoms with van der Waals surface area (Å²) in [5, 5.41) is 4.44. The van der Waals surface area contributed by atoms with Crippen molar-refractivity contribution in [3.8, 4) is 22.5 Å². The first-order chi connectivity index (χ1) is 10.1. The molecule has 106 valence electrons. The minimum atomic E-state index is -0.318. The van der Waals surface area contributed by atoms with Crippen LogP contribution in [0.4, 0.5) is 10.2 Å². The van der Waals surface area contributed by atoms with Crippen molar-refractivity contribution >= 4 is 21.7 Å². The zero-order valence-electron chi connectivity index (χ0n) is 11.2. The summed E-state index contributed by atoms with van der Waals surface area (Å²) in [5.41, 5.74) is 9.05. The molecule has 6 heteroatoms. The number of nitrogens with zero attached hydrogens (tertiary/aromatic N) is 3. The molecule has 0 aliphatic carbocycles. The third kappa shape index (κ3) is 2.42. The van der Waals surface area contributed by atoms with Crippen molar-refractivity contribution in [2.24, 2.45) is 7.05 Å². The van der Waals surface area contributed by atoms with Gasteiger partial charge in [-0.1, -0.05) is 6.07 Å². The van der Waals surface area contributed by atoms with Crippen LogP contribution in [0.25, 0.3) is 22.5 Å². The van der Waals surface area contributed by atoms with E-state index in [4.69, 9.17) is 5.73 Å². The molecule has 0 bridgehead atoms. The Bertz CT molecular complexity index is 799. The Morgan fingerprint density at radius 2 is 2.05 bits per heavy atom. The SMILES string of the molecule is Cn1nc(-c2ccc(F)c(Br)c2)c(-c2ccccn2)c1N. The highest BCUT2D eigenvalue weighted by Gasteiger charge is 2.18. The van der Waals surface area contributed by atoms with Gasteiger partial charge in [-0.3, -0.25) is 9.67 Å². The smallest absolute Gasteiger partial charge is 0.137 e. The Hall–Kier alpha value is -2.21. The summed E-state index contributed by atoms with van der Waals surface area (Å²) in [7, 11) is 1.77. The van der Waals surface area contributed by atoms with Gasteiger partial charge in [0.25, 0.3) is 0 Å². The third-order valence-corrected chi connectivity index (χ3v) is 3.81. The van der Waals surface area contributed by atoms with Crippen LogP contribution in [0.5, 0.6) is 0 Å². The number of nitrogen functional groups attached to an aromatic ring is 1. The molecular formula is C15H12BrFN4. The van der Waals surface area contributed by atoms with Gasteiger partial charge in [0.05, 0.1) is 15.7 Å². The number of hydrogen-bond acceptors (Lipinski definition) is 3. The summed E-state index contributed by atoms with van der Waals surface area (Å²) in [6, 6.07) is 10.4. The monoisotopic (exact) mass is 346 g/mol. The molecule has 2 heterocycles. The molecule has 0 amide bonds. The van der Waals surface area contributed by atoms with E-state index in [-0.39, 0.29) is 5.82 Å². The molecule has 3 aromatic rings. The predicted octanol–water partition coefficient (Wildman–Crippen LogP) is 3.63. The largest absolute Gasteiger partial charge is 0.383 e. The van der Waals surface area contributed by atoms with E-state index in [9.17, 15) is 4.39 Å². The maximum Gasteiger partial charge on any atom is 0.137 e. The first kappa shape index (κ1) is 13.8. The number of pyridine rings is 1. The fourth-order valence-corrected chi connectivity index (χ4v) is 2.52. The summed E-state index contributed by atoms with van der Waals surface area (Å²) in [6.07, 6.45) is 1.70. The van der Waals surface area contributed by atoms with Gasteiger partial charge < -0.3 is 5.73 Å². The van der Waals surface area contributed by atoms with Crippen LogP contribution in [0.1, 0.15) is 0 Å². The zero-order valence-corrected chi connectivity index (χ0v) is 12.8. The minimum absolute atomic E-state index is 0.318. The number of anilines is 1. The van der Waals surface area contributed by atoms with Crippen molar-refractivity contribution in [2.45, 2.75) is 0 Å². The van der Waals surface area contributed by atoms with E-state index in [0.717, 1.165) is 16.8 Å². The van der Waals surface area contributed by atoms with E-state index in [0.29, 0.717) is 16.0 Å². The molecule has 4 nitrogen and oxygen atoms in total. The highest BCUT2D eigenvalue weighted by atomic mass is 79.9. The molecule has 0 aliphatic rings. The van der Waals surface area contributed by atoms with Gasteiger partial charge in [0.2, 0.25) is 0 Å². The van der Waals surface area contributed by atoms with Gasteiger partial charge in [0.1, 0.15) is 17.3 Å². The molecule has 0 saturated carbocycles. The molecule has 21 heavy (non-hydrogen) atoms. The standard InChI is InChI=1S/C15H12BrFN4/c1-21-15(18)13(12-4-2-3-7-19-12)14(20-21)9-5-6-11(17)10(16)8-9/h2-8H,18H2,1H3. The number of halogens is 2. The summed E-state index contributed by atoms with van der Waals surface area (Å²) in [6.45, 7) is 0. The third-order valence-electron chi connectivity index (χ3n) is 3.21. The van der Waals surface area contributed by atoms with Gasteiger partial charge in [-0.25, -0.2) is 4.39 Å². The first-order valence-corrected chi connectivity index (χ1v) is 7.06. The number of hydrogen-bond donors (Lipinski definition) is 1. The van der Waals surface area contributed by atoms with Crippen LogP contribution in [0.3, 0.4) is 0 Å². The number of aromatic nitrogens is 3. The van der Waals surface area contributed by atoms with Crippen molar-refractivity contribution in [1.82, 2.24) is 14.8 Å². The molecule has 0 fully saturated rings. The van der Waals surface area contributed by atoms with Gasteiger partial charge in [0.15, 0.2) is 0 Å². The number of benzene rings is 1. The van der Waals surface area contributed by atoms with Gasteiger partial charge in [-0.2, -0.15) is 5.10 Å². The molecule has 0 saturated heterocycles. The topological polar surface area (TPSA) is 56.7 Å². The molecule has 0 spiro atoms. The maximum absolute atomic E-state index is 13.4.